The van der Waals surface area contributed by atoms with Crippen LogP contribution in [0.15, 0.2) is 18.2 Å². The standard InChI is InChI=1S/C12H12ClNO2/c1-8(15)5-9(2)16-12-6-11(13)4-3-10(12)7-14/h3-4,6,9H,5H2,1-2H3. The first-order valence-corrected chi connectivity index (χ1v) is 5.26. The lowest BCUT2D eigenvalue weighted by Crippen LogP contribution is -2.15. The Morgan fingerprint density at radius 3 is 2.88 bits per heavy atom. The van der Waals surface area contributed by atoms with Crippen LogP contribution in [-0.2, 0) is 4.79 Å². The Morgan fingerprint density at radius 1 is 1.62 bits per heavy atom. The fraction of sp³-hybridized carbons (Fsp3) is 0.333. The van der Waals surface area contributed by atoms with Gasteiger partial charge in [0.1, 0.15) is 23.7 Å². The molecule has 0 fully saturated rings. The molecule has 1 unspecified atom stereocenters. The minimum absolute atomic E-state index is 0.0491. The lowest BCUT2D eigenvalue weighted by molar-refractivity contribution is -0.118. The summed E-state index contributed by atoms with van der Waals surface area (Å²) < 4.78 is 5.50. The highest BCUT2D eigenvalue weighted by Crippen LogP contribution is 2.24. The number of carbonyl (C=O) groups is 1. The van der Waals surface area contributed by atoms with Crippen LogP contribution in [-0.4, -0.2) is 11.9 Å². The molecular weight excluding hydrogens is 226 g/mol. The Balaban J connectivity index is 2.84. The van der Waals surface area contributed by atoms with E-state index in [2.05, 4.69) is 0 Å². The van der Waals surface area contributed by atoms with Gasteiger partial charge >= 0.3 is 0 Å². The second-order valence-corrected chi connectivity index (χ2v) is 4.02. The number of ketones is 1. The summed E-state index contributed by atoms with van der Waals surface area (Å²) >= 11 is 5.81. The van der Waals surface area contributed by atoms with Gasteiger partial charge < -0.3 is 4.74 Å². The first-order chi connectivity index (χ1) is 7.52. The van der Waals surface area contributed by atoms with Gasteiger partial charge in [0, 0.05) is 17.5 Å². The topological polar surface area (TPSA) is 50.1 Å². The molecule has 0 amide bonds. The Labute approximate surface area is 99.6 Å². The molecule has 0 aromatic heterocycles. The summed E-state index contributed by atoms with van der Waals surface area (Å²) in [6.45, 7) is 3.28. The van der Waals surface area contributed by atoms with Gasteiger partial charge in [0.05, 0.1) is 5.56 Å². The predicted molar refractivity (Wildman–Crippen MR) is 61.6 cm³/mol. The fourth-order valence-corrected chi connectivity index (χ4v) is 1.51. The molecule has 0 aliphatic carbocycles. The quantitative estimate of drug-likeness (QED) is 0.809. The van der Waals surface area contributed by atoms with E-state index in [0.717, 1.165) is 0 Å². The Bertz CT molecular complexity index is 437. The summed E-state index contributed by atoms with van der Waals surface area (Å²) in [5.41, 5.74) is 0.416. The SMILES string of the molecule is CC(=O)CC(C)Oc1cc(Cl)ccc1C#N. The van der Waals surface area contributed by atoms with Crippen LogP contribution in [0.25, 0.3) is 0 Å². The van der Waals surface area contributed by atoms with E-state index < -0.39 is 0 Å². The smallest absolute Gasteiger partial charge is 0.138 e. The summed E-state index contributed by atoms with van der Waals surface area (Å²) in [6, 6.07) is 6.82. The van der Waals surface area contributed by atoms with E-state index >= 15 is 0 Å². The van der Waals surface area contributed by atoms with Crippen molar-refractivity contribution in [2.45, 2.75) is 26.4 Å². The van der Waals surface area contributed by atoms with Crippen molar-refractivity contribution in [3.63, 3.8) is 0 Å². The molecule has 0 N–H and O–H groups in total. The van der Waals surface area contributed by atoms with Crippen LogP contribution in [0, 0.1) is 11.3 Å². The van der Waals surface area contributed by atoms with Crippen LogP contribution in [0.5, 0.6) is 5.75 Å². The van der Waals surface area contributed by atoms with Crippen LogP contribution >= 0.6 is 11.6 Å². The normalized spacial score (nSPS) is 11.6. The van der Waals surface area contributed by atoms with Crippen LogP contribution < -0.4 is 4.74 Å². The van der Waals surface area contributed by atoms with Crippen molar-refractivity contribution < 1.29 is 9.53 Å². The summed E-state index contributed by atoms with van der Waals surface area (Å²) in [6.07, 6.45) is 0.0558. The molecule has 1 atom stereocenters. The molecule has 1 rings (SSSR count). The maximum absolute atomic E-state index is 10.9. The molecule has 0 heterocycles. The summed E-state index contributed by atoms with van der Waals surface area (Å²) in [7, 11) is 0. The molecule has 0 bridgehead atoms. The van der Waals surface area contributed by atoms with Crippen molar-refractivity contribution in [2.24, 2.45) is 0 Å². The molecular formula is C12H12ClNO2. The zero-order valence-electron chi connectivity index (χ0n) is 9.16. The van der Waals surface area contributed by atoms with Gasteiger partial charge in [-0.2, -0.15) is 5.26 Å². The van der Waals surface area contributed by atoms with Crippen molar-refractivity contribution in [3.8, 4) is 11.8 Å². The molecule has 0 spiro atoms. The van der Waals surface area contributed by atoms with E-state index in [1.807, 2.05) is 6.07 Å². The van der Waals surface area contributed by atoms with Crippen LogP contribution in [0.3, 0.4) is 0 Å². The van der Waals surface area contributed by atoms with E-state index in [1.165, 1.54) is 6.92 Å². The van der Waals surface area contributed by atoms with Gasteiger partial charge in [0.15, 0.2) is 0 Å². The average molecular weight is 238 g/mol. The molecule has 4 heteroatoms. The lowest BCUT2D eigenvalue weighted by atomic mass is 10.2. The van der Waals surface area contributed by atoms with Gasteiger partial charge in [0.2, 0.25) is 0 Å². The van der Waals surface area contributed by atoms with Crippen molar-refractivity contribution in [1.29, 1.82) is 5.26 Å². The molecule has 1 aromatic rings. The number of nitrogens with zero attached hydrogens (tertiary/aromatic N) is 1. The van der Waals surface area contributed by atoms with E-state index in [-0.39, 0.29) is 11.9 Å². The summed E-state index contributed by atoms with van der Waals surface area (Å²) in [5, 5.41) is 9.37. The van der Waals surface area contributed by atoms with Gasteiger partial charge in [-0.05, 0) is 26.0 Å². The first-order valence-electron chi connectivity index (χ1n) is 4.88. The number of Topliss-reactive ketones (excluding diaryl/α,β-unsaturated/α-hetero) is 1. The zero-order valence-corrected chi connectivity index (χ0v) is 9.91. The Hall–Kier alpha value is -1.53. The molecule has 3 nitrogen and oxygen atoms in total. The minimum Gasteiger partial charge on any atom is -0.489 e. The van der Waals surface area contributed by atoms with Crippen molar-refractivity contribution in [1.82, 2.24) is 0 Å². The molecule has 1 aromatic carbocycles. The monoisotopic (exact) mass is 237 g/mol. The molecule has 16 heavy (non-hydrogen) atoms. The molecule has 0 aliphatic rings. The predicted octanol–water partition coefficient (Wildman–Crippen LogP) is 2.96. The summed E-state index contributed by atoms with van der Waals surface area (Å²) in [4.78, 5) is 10.9. The molecule has 0 aliphatic heterocycles. The number of benzene rings is 1. The van der Waals surface area contributed by atoms with Gasteiger partial charge in [-0.3, -0.25) is 4.79 Å². The lowest BCUT2D eigenvalue weighted by Gasteiger charge is -2.14. The third-order valence-corrected chi connectivity index (χ3v) is 2.20. The van der Waals surface area contributed by atoms with Gasteiger partial charge in [0.25, 0.3) is 0 Å². The highest BCUT2D eigenvalue weighted by atomic mass is 35.5. The Kier molecular flexibility index (Phi) is 4.33. The number of hydrogen-bond acceptors (Lipinski definition) is 3. The van der Waals surface area contributed by atoms with Gasteiger partial charge in [-0.1, -0.05) is 11.6 Å². The van der Waals surface area contributed by atoms with E-state index in [4.69, 9.17) is 21.6 Å². The zero-order chi connectivity index (χ0) is 12.1. The van der Waals surface area contributed by atoms with E-state index in [0.29, 0.717) is 22.8 Å². The van der Waals surface area contributed by atoms with Crippen LogP contribution in [0.2, 0.25) is 5.02 Å². The fourth-order valence-electron chi connectivity index (χ4n) is 1.35. The van der Waals surface area contributed by atoms with Crippen molar-refractivity contribution in [2.75, 3.05) is 0 Å². The second kappa shape index (κ2) is 5.53. The second-order valence-electron chi connectivity index (χ2n) is 3.59. The molecule has 0 saturated heterocycles. The maximum atomic E-state index is 10.9. The average Bonchev–Trinajstić information content (AvgIpc) is 2.16. The number of halogens is 1. The van der Waals surface area contributed by atoms with Gasteiger partial charge in [-0.25, -0.2) is 0 Å². The number of ether oxygens (including phenoxy) is 1. The molecule has 0 radical (unpaired) electrons. The van der Waals surface area contributed by atoms with Crippen molar-refractivity contribution >= 4 is 17.4 Å². The number of rotatable bonds is 4. The highest BCUT2D eigenvalue weighted by Gasteiger charge is 2.10. The number of nitriles is 1. The van der Waals surface area contributed by atoms with Crippen molar-refractivity contribution in [3.05, 3.63) is 28.8 Å². The number of hydrogen-bond donors (Lipinski definition) is 0. The van der Waals surface area contributed by atoms with Crippen LogP contribution in [0.4, 0.5) is 0 Å². The maximum Gasteiger partial charge on any atom is 0.138 e. The number of carbonyl (C=O) groups excluding carboxylic acids is 1. The molecule has 84 valence electrons. The molecule has 0 saturated carbocycles. The van der Waals surface area contributed by atoms with Crippen LogP contribution in [0.1, 0.15) is 25.8 Å². The third-order valence-electron chi connectivity index (χ3n) is 1.97. The largest absolute Gasteiger partial charge is 0.489 e. The Morgan fingerprint density at radius 2 is 2.31 bits per heavy atom. The first kappa shape index (κ1) is 12.5. The van der Waals surface area contributed by atoms with E-state index in [9.17, 15) is 4.79 Å². The highest BCUT2D eigenvalue weighted by molar-refractivity contribution is 6.30. The van der Waals surface area contributed by atoms with Gasteiger partial charge in [-0.15, -0.1) is 0 Å². The summed E-state index contributed by atoms with van der Waals surface area (Å²) in [5.74, 6) is 0.469. The van der Waals surface area contributed by atoms with E-state index in [1.54, 1.807) is 25.1 Å². The third kappa shape index (κ3) is 3.56. The minimum atomic E-state index is -0.261.